The number of aromatic nitrogens is 1. The van der Waals surface area contributed by atoms with Crippen molar-refractivity contribution in [2.45, 2.75) is 26.2 Å². The molecule has 0 amide bonds. The monoisotopic (exact) mass is 253 g/mol. The van der Waals surface area contributed by atoms with Crippen LogP contribution in [0.5, 0.6) is 0 Å². The molecule has 0 spiro atoms. The summed E-state index contributed by atoms with van der Waals surface area (Å²) in [6.07, 6.45) is 4.46. The van der Waals surface area contributed by atoms with Crippen molar-refractivity contribution in [3.05, 3.63) is 66.0 Å². The third-order valence-corrected chi connectivity index (χ3v) is 3.59. The standard InChI is InChI=1S/C17H19NO/c1-13(14(2)19)12-17(15-6-4-3-5-7-15)16-8-10-18-11-9-16/h3-11,13,17H,12H2,1-2H3/t13-,17?/m0/s1. The van der Waals surface area contributed by atoms with Crippen molar-refractivity contribution in [3.8, 4) is 0 Å². The van der Waals surface area contributed by atoms with Crippen LogP contribution in [0.15, 0.2) is 54.9 Å². The zero-order chi connectivity index (χ0) is 13.7. The van der Waals surface area contributed by atoms with E-state index in [-0.39, 0.29) is 17.6 Å². The summed E-state index contributed by atoms with van der Waals surface area (Å²) in [6, 6.07) is 14.4. The molecule has 0 bridgehead atoms. The number of carbonyl (C=O) groups is 1. The number of hydrogen-bond donors (Lipinski definition) is 0. The molecule has 2 nitrogen and oxygen atoms in total. The summed E-state index contributed by atoms with van der Waals surface area (Å²) in [5.74, 6) is 0.566. The molecular weight excluding hydrogens is 234 g/mol. The first-order chi connectivity index (χ1) is 9.18. The second kappa shape index (κ2) is 6.28. The lowest BCUT2D eigenvalue weighted by Gasteiger charge is -2.20. The van der Waals surface area contributed by atoms with Crippen LogP contribution in [0.3, 0.4) is 0 Å². The first-order valence-electron chi connectivity index (χ1n) is 6.64. The molecule has 0 radical (unpaired) electrons. The van der Waals surface area contributed by atoms with Crippen molar-refractivity contribution < 1.29 is 4.79 Å². The van der Waals surface area contributed by atoms with Crippen molar-refractivity contribution in [1.29, 1.82) is 0 Å². The molecule has 0 saturated heterocycles. The molecule has 0 aliphatic heterocycles. The van der Waals surface area contributed by atoms with Crippen LogP contribution >= 0.6 is 0 Å². The topological polar surface area (TPSA) is 30.0 Å². The molecule has 19 heavy (non-hydrogen) atoms. The third kappa shape index (κ3) is 3.50. The largest absolute Gasteiger partial charge is 0.300 e. The van der Waals surface area contributed by atoms with Crippen LogP contribution in [0, 0.1) is 5.92 Å². The quantitative estimate of drug-likeness (QED) is 0.810. The van der Waals surface area contributed by atoms with Gasteiger partial charge in [-0.05, 0) is 36.6 Å². The molecule has 2 atom stereocenters. The van der Waals surface area contributed by atoms with E-state index in [4.69, 9.17) is 0 Å². The Bertz CT molecular complexity index is 482. The zero-order valence-corrected chi connectivity index (χ0v) is 11.4. The number of hydrogen-bond acceptors (Lipinski definition) is 2. The summed E-state index contributed by atoms with van der Waals surface area (Å²) < 4.78 is 0. The molecule has 0 N–H and O–H groups in total. The predicted octanol–water partition coefficient (Wildman–Crippen LogP) is 3.83. The fraction of sp³-hybridized carbons (Fsp3) is 0.294. The summed E-state index contributed by atoms with van der Waals surface area (Å²) in [5, 5.41) is 0. The van der Waals surface area contributed by atoms with Gasteiger partial charge in [-0.3, -0.25) is 9.78 Å². The highest BCUT2D eigenvalue weighted by Crippen LogP contribution is 2.30. The Labute approximate surface area is 114 Å². The van der Waals surface area contributed by atoms with Crippen LogP contribution in [0.25, 0.3) is 0 Å². The van der Waals surface area contributed by atoms with E-state index in [1.165, 1.54) is 11.1 Å². The lowest BCUT2D eigenvalue weighted by atomic mass is 9.83. The maximum Gasteiger partial charge on any atom is 0.132 e. The molecule has 98 valence electrons. The molecule has 2 rings (SSSR count). The number of ketones is 1. The van der Waals surface area contributed by atoms with Gasteiger partial charge in [-0.1, -0.05) is 37.3 Å². The fourth-order valence-corrected chi connectivity index (χ4v) is 2.27. The Morgan fingerprint density at radius 3 is 2.21 bits per heavy atom. The maximum atomic E-state index is 11.5. The van der Waals surface area contributed by atoms with Crippen molar-refractivity contribution in [3.63, 3.8) is 0 Å². The predicted molar refractivity (Wildman–Crippen MR) is 77.0 cm³/mol. The highest BCUT2D eigenvalue weighted by atomic mass is 16.1. The average Bonchev–Trinajstić information content (AvgIpc) is 2.46. The van der Waals surface area contributed by atoms with Gasteiger partial charge in [0.1, 0.15) is 5.78 Å². The van der Waals surface area contributed by atoms with Crippen molar-refractivity contribution in [2.75, 3.05) is 0 Å². The Balaban J connectivity index is 2.32. The first-order valence-corrected chi connectivity index (χ1v) is 6.64. The third-order valence-electron chi connectivity index (χ3n) is 3.59. The van der Waals surface area contributed by atoms with Gasteiger partial charge in [0.2, 0.25) is 0 Å². The summed E-state index contributed by atoms with van der Waals surface area (Å²) in [5.41, 5.74) is 2.47. The van der Waals surface area contributed by atoms with Gasteiger partial charge in [0, 0.05) is 24.2 Å². The molecule has 2 aromatic rings. The normalized spacial score (nSPS) is 13.8. The van der Waals surface area contributed by atoms with Crippen LogP contribution in [0.4, 0.5) is 0 Å². The highest BCUT2D eigenvalue weighted by Gasteiger charge is 2.19. The van der Waals surface area contributed by atoms with Gasteiger partial charge in [-0.2, -0.15) is 0 Å². The highest BCUT2D eigenvalue weighted by molar-refractivity contribution is 5.78. The van der Waals surface area contributed by atoms with Crippen molar-refractivity contribution in [1.82, 2.24) is 4.98 Å². The van der Waals surface area contributed by atoms with Gasteiger partial charge in [-0.25, -0.2) is 0 Å². The lowest BCUT2D eigenvalue weighted by Crippen LogP contribution is -2.12. The van der Waals surface area contributed by atoms with Crippen molar-refractivity contribution in [2.24, 2.45) is 5.92 Å². The minimum atomic E-state index is 0.0679. The molecule has 0 fully saturated rings. The van der Waals surface area contributed by atoms with Gasteiger partial charge in [0.15, 0.2) is 0 Å². The molecule has 0 aliphatic carbocycles. The Morgan fingerprint density at radius 1 is 1.05 bits per heavy atom. The lowest BCUT2D eigenvalue weighted by molar-refractivity contribution is -0.120. The van der Waals surface area contributed by atoms with Gasteiger partial charge in [-0.15, -0.1) is 0 Å². The first kappa shape index (κ1) is 13.5. The molecule has 2 heteroatoms. The fourth-order valence-electron chi connectivity index (χ4n) is 2.27. The van der Waals surface area contributed by atoms with E-state index < -0.39 is 0 Å². The number of pyridine rings is 1. The average molecular weight is 253 g/mol. The van der Waals surface area contributed by atoms with E-state index in [2.05, 4.69) is 17.1 Å². The van der Waals surface area contributed by atoms with E-state index in [1.807, 2.05) is 49.6 Å². The number of Topliss-reactive ketones (excluding diaryl/α,β-unsaturated/α-hetero) is 1. The smallest absolute Gasteiger partial charge is 0.132 e. The molecule has 1 heterocycles. The second-order valence-electron chi connectivity index (χ2n) is 4.99. The van der Waals surface area contributed by atoms with Gasteiger partial charge < -0.3 is 0 Å². The van der Waals surface area contributed by atoms with Gasteiger partial charge in [0.05, 0.1) is 0 Å². The van der Waals surface area contributed by atoms with E-state index >= 15 is 0 Å². The Kier molecular flexibility index (Phi) is 4.45. The molecule has 0 saturated carbocycles. The maximum absolute atomic E-state index is 11.5. The van der Waals surface area contributed by atoms with E-state index in [1.54, 1.807) is 6.92 Å². The molecule has 1 unspecified atom stereocenters. The Morgan fingerprint density at radius 2 is 1.63 bits per heavy atom. The summed E-state index contributed by atoms with van der Waals surface area (Å²) in [6.45, 7) is 3.67. The zero-order valence-electron chi connectivity index (χ0n) is 11.4. The number of rotatable bonds is 5. The van der Waals surface area contributed by atoms with E-state index in [0.29, 0.717) is 0 Å². The molecule has 1 aromatic carbocycles. The van der Waals surface area contributed by atoms with Crippen molar-refractivity contribution >= 4 is 5.78 Å². The van der Waals surface area contributed by atoms with Crippen LogP contribution in [0.2, 0.25) is 0 Å². The summed E-state index contributed by atoms with van der Waals surface area (Å²) in [7, 11) is 0. The number of benzene rings is 1. The van der Waals surface area contributed by atoms with Crippen LogP contribution < -0.4 is 0 Å². The summed E-state index contributed by atoms with van der Waals surface area (Å²) in [4.78, 5) is 15.6. The van der Waals surface area contributed by atoms with Crippen LogP contribution in [-0.4, -0.2) is 10.8 Å². The minimum absolute atomic E-state index is 0.0679. The Hall–Kier alpha value is -1.96. The van der Waals surface area contributed by atoms with E-state index in [9.17, 15) is 4.79 Å². The molecule has 1 aromatic heterocycles. The minimum Gasteiger partial charge on any atom is -0.300 e. The SMILES string of the molecule is CC(=O)[C@@H](C)CC(c1ccccc1)c1ccncc1. The number of carbonyl (C=O) groups excluding carboxylic acids is 1. The van der Waals surface area contributed by atoms with Crippen LogP contribution in [0.1, 0.15) is 37.3 Å². The van der Waals surface area contributed by atoms with Crippen LogP contribution in [-0.2, 0) is 4.79 Å². The summed E-state index contributed by atoms with van der Waals surface area (Å²) >= 11 is 0. The number of nitrogens with zero attached hydrogens (tertiary/aromatic N) is 1. The second-order valence-corrected chi connectivity index (χ2v) is 4.99. The molecular formula is C17H19NO. The van der Waals surface area contributed by atoms with Gasteiger partial charge >= 0.3 is 0 Å². The van der Waals surface area contributed by atoms with Gasteiger partial charge in [0.25, 0.3) is 0 Å². The van der Waals surface area contributed by atoms with E-state index in [0.717, 1.165) is 6.42 Å². The molecule has 0 aliphatic rings.